The van der Waals surface area contributed by atoms with Crippen molar-refractivity contribution < 1.29 is 14.2 Å². The van der Waals surface area contributed by atoms with Crippen LogP contribution in [0, 0.1) is 6.92 Å². The molecule has 0 aliphatic carbocycles. The van der Waals surface area contributed by atoms with Gasteiger partial charge in [-0.25, -0.2) is 9.97 Å². The minimum Gasteiger partial charge on any atom is -0.493 e. The van der Waals surface area contributed by atoms with Gasteiger partial charge in [0.05, 0.1) is 32.3 Å². The normalized spacial score (nSPS) is 16.6. The molecule has 4 bridgehead atoms. The number of nitrogens with zero attached hydrogens (tertiary/aromatic N) is 5. The van der Waals surface area contributed by atoms with Gasteiger partial charge >= 0.3 is 0 Å². The van der Waals surface area contributed by atoms with Gasteiger partial charge in [-0.2, -0.15) is 0 Å². The van der Waals surface area contributed by atoms with Gasteiger partial charge in [0.2, 0.25) is 0 Å². The molecule has 0 unspecified atom stereocenters. The molecule has 38 heavy (non-hydrogen) atoms. The summed E-state index contributed by atoms with van der Waals surface area (Å²) in [6.45, 7) is 9.21. The molecule has 2 aromatic carbocycles. The van der Waals surface area contributed by atoms with E-state index in [9.17, 15) is 0 Å². The number of imidazole rings is 2. The van der Waals surface area contributed by atoms with Gasteiger partial charge in [0.15, 0.2) is 11.5 Å². The molecule has 2 aliphatic rings. The molecule has 6 rings (SSSR count). The van der Waals surface area contributed by atoms with Crippen LogP contribution >= 0.6 is 0 Å². The molecule has 1 fully saturated rings. The van der Waals surface area contributed by atoms with Gasteiger partial charge in [0.25, 0.3) is 0 Å². The Hall–Kier alpha value is -3.66. The first-order valence-electron chi connectivity index (χ1n) is 13.2. The van der Waals surface area contributed by atoms with Gasteiger partial charge < -0.3 is 19.2 Å². The Kier molecular flexibility index (Phi) is 7.13. The predicted octanol–water partition coefficient (Wildman–Crippen LogP) is 3.81. The van der Waals surface area contributed by atoms with Crippen molar-refractivity contribution in [1.82, 2.24) is 29.3 Å². The quantitative estimate of drug-likeness (QED) is 0.434. The molecule has 1 N–H and O–H groups in total. The van der Waals surface area contributed by atoms with Crippen LogP contribution < -0.4 is 9.47 Å². The third kappa shape index (κ3) is 5.31. The molecule has 4 heterocycles. The predicted molar refractivity (Wildman–Crippen MR) is 145 cm³/mol. The van der Waals surface area contributed by atoms with Gasteiger partial charge in [-0.05, 0) is 48.4 Å². The van der Waals surface area contributed by atoms with Crippen molar-refractivity contribution in [2.24, 2.45) is 0 Å². The van der Waals surface area contributed by atoms with Crippen molar-refractivity contribution in [3.05, 3.63) is 77.6 Å². The summed E-state index contributed by atoms with van der Waals surface area (Å²) in [6, 6.07) is 12.9. The number of rotatable bonds is 5. The number of aryl methyl sites for hydroxylation is 1. The van der Waals surface area contributed by atoms with Crippen LogP contribution in [0.5, 0.6) is 11.5 Å². The van der Waals surface area contributed by atoms with Crippen LogP contribution in [-0.2, 0) is 24.4 Å². The SMILES string of the molecule is COc1ccc2cc1OCCN(Cc1nc[nH]c1C)Cc1cc(CN3CCOCC3)cc(c1)-n1ccnc1-2. The maximum absolute atomic E-state index is 6.29. The zero-order valence-electron chi connectivity index (χ0n) is 22.0. The number of aromatic amines is 1. The first-order chi connectivity index (χ1) is 18.7. The second-order valence-electron chi connectivity index (χ2n) is 9.92. The number of hydrogen-bond acceptors (Lipinski definition) is 7. The van der Waals surface area contributed by atoms with Gasteiger partial charge in [0, 0.05) is 68.6 Å². The highest BCUT2D eigenvalue weighted by Crippen LogP contribution is 2.33. The number of morpholine rings is 1. The van der Waals surface area contributed by atoms with E-state index in [0.717, 1.165) is 86.7 Å². The van der Waals surface area contributed by atoms with Crippen LogP contribution in [0.15, 0.2) is 55.1 Å². The van der Waals surface area contributed by atoms with E-state index in [-0.39, 0.29) is 0 Å². The molecule has 2 aromatic heterocycles. The molecule has 9 nitrogen and oxygen atoms in total. The Morgan fingerprint density at radius 3 is 2.66 bits per heavy atom. The number of methoxy groups -OCH3 is 1. The van der Waals surface area contributed by atoms with E-state index in [0.29, 0.717) is 12.4 Å². The van der Waals surface area contributed by atoms with Crippen molar-refractivity contribution in [1.29, 1.82) is 0 Å². The first-order valence-corrected chi connectivity index (χ1v) is 13.2. The van der Waals surface area contributed by atoms with E-state index >= 15 is 0 Å². The third-order valence-corrected chi connectivity index (χ3v) is 7.27. The minimum absolute atomic E-state index is 0.526. The van der Waals surface area contributed by atoms with Crippen LogP contribution in [-0.4, -0.2) is 75.9 Å². The largest absolute Gasteiger partial charge is 0.493 e. The molecule has 0 atom stereocenters. The summed E-state index contributed by atoms with van der Waals surface area (Å²) in [5.74, 6) is 2.30. The fourth-order valence-corrected chi connectivity index (χ4v) is 5.25. The van der Waals surface area contributed by atoms with E-state index in [1.54, 1.807) is 13.4 Å². The Morgan fingerprint density at radius 2 is 1.84 bits per heavy atom. The van der Waals surface area contributed by atoms with Crippen LogP contribution in [0.1, 0.15) is 22.5 Å². The summed E-state index contributed by atoms with van der Waals surface area (Å²) < 4.78 is 19.6. The number of ether oxygens (including phenoxy) is 3. The summed E-state index contributed by atoms with van der Waals surface area (Å²) in [5.41, 5.74) is 6.77. The van der Waals surface area contributed by atoms with E-state index in [1.807, 2.05) is 30.6 Å². The Balaban J connectivity index is 1.42. The molecule has 1 saturated heterocycles. The van der Waals surface area contributed by atoms with Crippen LogP contribution in [0.25, 0.3) is 17.1 Å². The van der Waals surface area contributed by atoms with Crippen molar-refractivity contribution in [2.75, 3.05) is 46.6 Å². The summed E-state index contributed by atoms with van der Waals surface area (Å²) in [4.78, 5) is 17.4. The summed E-state index contributed by atoms with van der Waals surface area (Å²) in [5, 5.41) is 0. The second-order valence-corrected chi connectivity index (χ2v) is 9.92. The van der Waals surface area contributed by atoms with E-state index in [1.165, 1.54) is 11.1 Å². The van der Waals surface area contributed by atoms with Crippen molar-refractivity contribution >= 4 is 0 Å². The second kappa shape index (κ2) is 11.0. The summed E-state index contributed by atoms with van der Waals surface area (Å²) in [7, 11) is 1.67. The van der Waals surface area contributed by atoms with Crippen LogP contribution in [0.4, 0.5) is 0 Å². The summed E-state index contributed by atoms with van der Waals surface area (Å²) >= 11 is 0. The van der Waals surface area contributed by atoms with E-state index in [2.05, 4.69) is 49.5 Å². The topological polar surface area (TPSA) is 80.7 Å². The standard InChI is InChI=1S/C29H34N6O3/c1-21-26(32-20-31-21)19-34-9-12-38-28-16-24(3-4-27(28)36-2)29-30-5-6-35(29)25-14-22(13-23(15-25)18-34)17-33-7-10-37-11-8-33/h3-6,13-16,20H,7-12,17-19H2,1-2H3,(H,31,32). The maximum atomic E-state index is 6.29. The number of fused-ring (bicyclic) bond motifs is 7. The van der Waals surface area contributed by atoms with E-state index in [4.69, 9.17) is 19.2 Å². The number of H-pyrrole nitrogens is 1. The molecular weight excluding hydrogens is 480 g/mol. The number of aromatic nitrogens is 4. The van der Waals surface area contributed by atoms with Gasteiger partial charge in [0.1, 0.15) is 12.4 Å². The van der Waals surface area contributed by atoms with Gasteiger partial charge in [-0.15, -0.1) is 0 Å². The monoisotopic (exact) mass is 514 g/mol. The average Bonchev–Trinajstić information content (AvgIpc) is 3.58. The zero-order valence-corrected chi connectivity index (χ0v) is 22.0. The van der Waals surface area contributed by atoms with Crippen LogP contribution in [0.2, 0.25) is 0 Å². The zero-order chi connectivity index (χ0) is 25.9. The fourth-order valence-electron chi connectivity index (χ4n) is 5.25. The lowest BCUT2D eigenvalue weighted by Gasteiger charge is -2.27. The molecule has 0 spiro atoms. The molecule has 9 heteroatoms. The summed E-state index contributed by atoms with van der Waals surface area (Å²) in [6.07, 6.45) is 5.65. The van der Waals surface area contributed by atoms with E-state index < -0.39 is 0 Å². The van der Waals surface area contributed by atoms with Gasteiger partial charge in [-0.3, -0.25) is 14.4 Å². The van der Waals surface area contributed by atoms with Crippen molar-refractivity contribution in [3.63, 3.8) is 0 Å². The maximum Gasteiger partial charge on any atom is 0.161 e. The lowest BCUT2D eigenvalue weighted by Crippen LogP contribution is -2.35. The number of hydrogen-bond donors (Lipinski definition) is 1. The number of nitrogens with one attached hydrogen (secondary N) is 1. The third-order valence-electron chi connectivity index (χ3n) is 7.27. The highest BCUT2D eigenvalue weighted by atomic mass is 16.5. The lowest BCUT2D eigenvalue weighted by molar-refractivity contribution is 0.0342. The highest BCUT2D eigenvalue weighted by molar-refractivity contribution is 5.64. The molecule has 0 amide bonds. The Labute approximate surface area is 223 Å². The fraction of sp³-hybridized carbons (Fsp3) is 0.379. The Bertz CT molecular complexity index is 1390. The highest BCUT2D eigenvalue weighted by Gasteiger charge is 2.18. The smallest absolute Gasteiger partial charge is 0.161 e. The van der Waals surface area contributed by atoms with Gasteiger partial charge in [-0.1, -0.05) is 6.07 Å². The lowest BCUT2D eigenvalue weighted by atomic mass is 10.1. The molecule has 0 radical (unpaired) electrons. The average molecular weight is 515 g/mol. The molecule has 2 aliphatic heterocycles. The molecule has 0 saturated carbocycles. The van der Waals surface area contributed by atoms with Crippen molar-refractivity contribution in [3.8, 4) is 28.6 Å². The minimum atomic E-state index is 0.526. The number of benzene rings is 2. The molecule has 198 valence electrons. The molecule has 4 aromatic rings. The first kappa shape index (κ1) is 24.7. The molecular formula is C29H34N6O3. The Morgan fingerprint density at radius 1 is 0.974 bits per heavy atom. The van der Waals surface area contributed by atoms with Crippen molar-refractivity contribution in [2.45, 2.75) is 26.6 Å². The van der Waals surface area contributed by atoms with Crippen LogP contribution in [0.3, 0.4) is 0 Å².